The number of carbonyl (C=O) groups excluding carboxylic acids is 1. The number of hydrogen-bond donors (Lipinski definition) is 0. The molecule has 1 amide bonds. The predicted molar refractivity (Wildman–Crippen MR) is 118 cm³/mol. The number of para-hydroxylation sites is 1. The third kappa shape index (κ3) is 3.52. The highest BCUT2D eigenvalue weighted by Gasteiger charge is 2.20. The molecular formula is C24H24N4O2. The van der Waals surface area contributed by atoms with Crippen LogP contribution in [0, 0.1) is 0 Å². The van der Waals surface area contributed by atoms with Crippen molar-refractivity contribution in [1.29, 1.82) is 0 Å². The molecule has 2 aromatic carbocycles. The van der Waals surface area contributed by atoms with E-state index < -0.39 is 0 Å². The largest absolute Gasteiger partial charge is 0.496 e. The first-order chi connectivity index (χ1) is 14.7. The maximum Gasteiger partial charge on any atom is 0.272 e. The number of aromatic nitrogens is 3. The van der Waals surface area contributed by atoms with E-state index in [1.54, 1.807) is 22.6 Å². The molecule has 0 saturated heterocycles. The van der Waals surface area contributed by atoms with Crippen LogP contribution in [0.4, 0.5) is 0 Å². The Morgan fingerprint density at radius 3 is 2.40 bits per heavy atom. The second-order valence-electron chi connectivity index (χ2n) is 6.87. The fraction of sp³-hybridized carbons (Fsp3) is 0.208. The summed E-state index contributed by atoms with van der Waals surface area (Å²) in [7, 11) is 1.64. The van der Waals surface area contributed by atoms with Gasteiger partial charge < -0.3 is 9.64 Å². The van der Waals surface area contributed by atoms with Crippen LogP contribution in [0.3, 0.4) is 0 Å². The van der Waals surface area contributed by atoms with Gasteiger partial charge in [-0.1, -0.05) is 42.5 Å². The first-order valence-electron chi connectivity index (χ1n) is 10.0. The topological polar surface area (TPSA) is 59.7 Å². The summed E-state index contributed by atoms with van der Waals surface area (Å²) in [5.41, 5.74) is 4.41. The SMILES string of the molecule is CCN(CC)C(=O)c1cc(-c2ccccc2OC)n2nc(-c3ccccc3)cc2n1. The Labute approximate surface area is 175 Å². The molecule has 0 saturated carbocycles. The summed E-state index contributed by atoms with van der Waals surface area (Å²) in [5.74, 6) is 0.615. The van der Waals surface area contributed by atoms with Gasteiger partial charge in [0.25, 0.3) is 5.91 Å². The lowest BCUT2D eigenvalue weighted by Gasteiger charge is -2.19. The molecule has 6 nitrogen and oxygen atoms in total. The van der Waals surface area contributed by atoms with E-state index in [-0.39, 0.29) is 5.91 Å². The summed E-state index contributed by atoms with van der Waals surface area (Å²) >= 11 is 0. The molecule has 0 unspecified atom stereocenters. The van der Waals surface area contributed by atoms with Crippen molar-refractivity contribution in [3.63, 3.8) is 0 Å². The molecule has 0 atom stereocenters. The van der Waals surface area contributed by atoms with Crippen molar-refractivity contribution in [3.05, 3.63) is 72.4 Å². The number of rotatable bonds is 6. The van der Waals surface area contributed by atoms with Crippen molar-refractivity contribution in [2.45, 2.75) is 13.8 Å². The van der Waals surface area contributed by atoms with Crippen LogP contribution in [-0.2, 0) is 0 Å². The number of amides is 1. The third-order valence-corrected chi connectivity index (χ3v) is 5.15. The fourth-order valence-corrected chi connectivity index (χ4v) is 3.55. The molecule has 0 radical (unpaired) electrons. The minimum Gasteiger partial charge on any atom is -0.496 e. The van der Waals surface area contributed by atoms with E-state index >= 15 is 0 Å². The van der Waals surface area contributed by atoms with Crippen LogP contribution in [0.5, 0.6) is 5.75 Å². The molecule has 30 heavy (non-hydrogen) atoms. The first-order valence-corrected chi connectivity index (χ1v) is 10.0. The molecule has 0 aliphatic carbocycles. The number of nitrogens with zero attached hydrogens (tertiary/aromatic N) is 4. The Morgan fingerprint density at radius 2 is 1.70 bits per heavy atom. The average molecular weight is 400 g/mol. The highest BCUT2D eigenvalue weighted by atomic mass is 16.5. The van der Waals surface area contributed by atoms with Crippen molar-refractivity contribution >= 4 is 11.6 Å². The van der Waals surface area contributed by atoms with Crippen molar-refractivity contribution in [1.82, 2.24) is 19.5 Å². The average Bonchev–Trinajstić information content (AvgIpc) is 3.24. The number of fused-ring (bicyclic) bond motifs is 1. The Morgan fingerprint density at radius 1 is 1.00 bits per heavy atom. The summed E-state index contributed by atoms with van der Waals surface area (Å²) < 4.78 is 7.35. The van der Waals surface area contributed by atoms with Gasteiger partial charge in [-0.15, -0.1) is 0 Å². The smallest absolute Gasteiger partial charge is 0.272 e. The van der Waals surface area contributed by atoms with Crippen LogP contribution >= 0.6 is 0 Å². The van der Waals surface area contributed by atoms with E-state index in [4.69, 9.17) is 9.84 Å². The van der Waals surface area contributed by atoms with Crippen molar-refractivity contribution < 1.29 is 9.53 Å². The van der Waals surface area contributed by atoms with E-state index in [2.05, 4.69) is 4.98 Å². The summed E-state index contributed by atoms with van der Waals surface area (Å²) in [6, 6.07) is 21.4. The first kappa shape index (κ1) is 19.6. The summed E-state index contributed by atoms with van der Waals surface area (Å²) in [6.45, 7) is 5.18. The minimum atomic E-state index is -0.0962. The molecule has 0 fully saturated rings. The maximum absolute atomic E-state index is 13.1. The Bertz CT molecular complexity index is 1180. The zero-order chi connectivity index (χ0) is 21.1. The molecule has 0 aliphatic heterocycles. The molecule has 2 aromatic heterocycles. The number of benzene rings is 2. The lowest BCUT2D eigenvalue weighted by molar-refractivity contribution is 0.0767. The zero-order valence-electron chi connectivity index (χ0n) is 17.4. The molecule has 0 spiro atoms. The Kier molecular flexibility index (Phi) is 5.48. The van der Waals surface area contributed by atoms with Crippen LogP contribution < -0.4 is 4.74 Å². The number of carbonyl (C=O) groups is 1. The lowest BCUT2D eigenvalue weighted by atomic mass is 10.1. The number of methoxy groups -OCH3 is 1. The van der Waals surface area contributed by atoms with Gasteiger partial charge in [0.2, 0.25) is 0 Å². The van der Waals surface area contributed by atoms with Gasteiger partial charge in [0.05, 0.1) is 18.5 Å². The standard InChI is InChI=1S/C24H24N4O2/c1-4-27(5-2)24(29)20-15-21(18-13-9-10-14-22(18)30-3)28-23(25-20)16-19(26-28)17-11-7-6-8-12-17/h6-16H,4-5H2,1-3H3. The third-order valence-electron chi connectivity index (χ3n) is 5.15. The van der Waals surface area contributed by atoms with Gasteiger partial charge in [-0.05, 0) is 32.0 Å². The monoisotopic (exact) mass is 400 g/mol. The maximum atomic E-state index is 13.1. The molecule has 2 heterocycles. The summed E-state index contributed by atoms with van der Waals surface area (Å²) in [5, 5.41) is 4.79. The zero-order valence-corrected chi connectivity index (χ0v) is 17.4. The quantitative estimate of drug-likeness (QED) is 0.476. The predicted octanol–water partition coefficient (Wildman–Crippen LogP) is 4.55. The van der Waals surface area contributed by atoms with Crippen molar-refractivity contribution in [3.8, 4) is 28.3 Å². The van der Waals surface area contributed by atoms with Gasteiger partial charge in [0.1, 0.15) is 11.4 Å². The fourth-order valence-electron chi connectivity index (χ4n) is 3.55. The van der Waals surface area contributed by atoms with Crippen LogP contribution in [-0.4, -0.2) is 45.6 Å². The van der Waals surface area contributed by atoms with Crippen LogP contribution in [0.15, 0.2) is 66.7 Å². The van der Waals surface area contributed by atoms with Crippen LogP contribution in [0.25, 0.3) is 28.2 Å². The molecule has 4 rings (SSSR count). The van der Waals surface area contributed by atoms with Crippen molar-refractivity contribution in [2.75, 3.05) is 20.2 Å². The van der Waals surface area contributed by atoms with Crippen LogP contribution in [0.2, 0.25) is 0 Å². The molecule has 0 bridgehead atoms. The minimum absolute atomic E-state index is 0.0962. The number of ether oxygens (including phenoxy) is 1. The van der Waals surface area contributed by atoms with E-state index in [9.17, 15) is 4.79 Å². The molecule has 6 heteroatoms. The van der Waals surface area contributed by atoms with E-state index in [1.165, 1.54) is 0 Å². The Hall–Kier alpha value is -3.67. The van der Waals surface area contributed by atoms with Gasteiger partial charge in [-0.25, -0.2) is 9.50 Å². The summed E-state index contributed by atoms with van der Waals surface area (Å²) in [4.78, 5) is 19.5. The Balaban J connectivity index is 1.97. The molecular weight excluding hydrogens is 376 g/mol. The van der Waals surface area contributed by atoms with Gasteiger partial charge in [-0.2, -0.15) is 5.10 Å². The van der Waals surface area contributed by atoms with Gasteiger partial charge in [-0.3, -0.25) is 4.79 Å². The summed E-state index contributed by atoms with van der Waals surface area (Å²) in [6.07, 6.45) is 0. The van der Waals surface area contributed by atoms with Gasteiger partial charge in [0.15, 0.2) is 5.65 Å². The molecule has 4 aromatic rings. The van der Waals surface area contributed by atoms with Crippen LogP contribution in [0.1, 0.15) is 24.3 Å². The van der Waals surface area contributed by atoms with Gasteiger partial charge in [0, 0.05) is 30.3 Å². The number of hydrogen-bond acceptors (Lipinski definition) is 4. The highest BCUT2D eigenvalue weighted by Crippen LogP contribution is 2.31. The normalized spacial score (nSPS) is 10.9. The highest BCUT2D eigenvalue weighted by molar-refractivity contribution is 5.94. The van der Waals surface area contributed by atoms with Gasteiger partial charge >= 0.3 is 0 Å². The van der Waals surface area contributed by atoms with Crippen molar-refractivity contribution in [2.24, 2.45) is 0 Å². The second kappa shape index (κ2) is 8.37. The van der Waals surface area contributed by atoms with E-state index in [0.717, 1.165) is 22.5 Å². The second-order valence-corrected chi connectivity index (χ2v) is 6.87. The lowest BCUT2D eigenvalue weighted by Crippen LogP contribution is -2.31. The molecule has 152 valence electrons. The molecule has 0 N–H and O–H groups in total. The molecule has 0 aliphatic rings. The van der Waals surface area contributed by atoms with E-state index in [1.807, 2.05) is 74.5 Å². The van der Waals surface area contributed by atoms with E-state index in [0.29, 0.717) is 30.2 Å².